The first-order valence-corrected chi connectivity index (χ1v) is 8.20. The molecule has 0 spiro atoms. The van der Waals surface area contributed by atoms with Gasteiger partial charge < -0.3 is 19.6 Å². The zero-order valence-corrected chi connectivity index (χ0v) is 14.4. The maximum Gasteiger partial charge on any atom is 0.224 e. The van der Waals surface area contributed by atoms with Gasteiger partial charge in [-0.25, -0.2) is 0 Å². The van der Waals surface area contributed by atoms with Crippen LogP contribution in [0.2, 0.25) is 0 Å². The highest BCUT2D eigenvalue weighted by molar-refractivity contribution is 5.78. The number of aliphatic hydroxyl groups is 1. The molecular weight excluding hydrogens is 306 g/mol. The van der Waals surface area contributed by atoms with Gasteiger partial charge in [-0.3, -0.25) is 4.79 Å². The monoisotopic (exact) mass is 331 g/mol. The van der Waals surface area contributed by atoms with Gasteiger partial charge in [0.05, 0.1) is 18.8 Å². The van der Waals surface area contributed by atoms with E-state index in [1.54, 1.807) is 12.1 Å². The number of amides is 1. The molecule has 5 nitrogen and oxygen atoms in total. The topological polar surface area (TPSA) is 71.7 Å². The molecule has 0 saturated carbocycles. The predicted molar refractivity (Wildman–Crippen MR) is 91.8 cm³/mol. The number of carbonyl (C=O) groups excluding carboxylic acids is 1. The zero-order chi connectivity index (χ0) is 17.5. The lowest BCUT2D eigenvalue weighted by molar-refractivity contribution is -0.121. The van der Waals surface area contributed by atoms with Crippen LogP contribution in [0.3, 0.4) is 0 Å². The Kier molecular flexibility index (Phi) is 6.44. The third-order valence-corrected chi connectivity index (χ3v) is 3.49. The van der Waals surface area contributed by atoms with Gasteiger partial charge in [-0.1, -0.05) is 12.1 Å². The van der Waals surface area contributed by atoms with Crippen molar-refractivity contribution < 1.29 is 19.1 Å². The number of carbonyl (C=O) groups is 1. The van der Waals surface area contributed by atoms with E-state index in [1.807, 2.05) is 45.0 Å². The summed E-state index contributed by atoms with van der Waals surface area (Å²) in [6.07, 6.45) is 1.57. The summed E-state index contributed by atoms with van der Waals surface area (Å²) in [6, 6.07) is 10.8. The van der Waals surface area contributed by atoms with Crippen molar-refractivity contribution >= 4 is 5.91 Å². The molecule has 0 bridgehead atoms. The predicted octanol–water partition coefficient (Wildman–Crippen LogP) is 3.24. The van der Waals surface area contributed by atoms with E-state index in [0.29, 0.717) is 12.2 Å². The summed E-state index contributed by atoms with van der Waals surface area (Å²) in [7, 11) is 0. The van der Waals surface area contributed by atoms with Gasteiger partial charge in [-0.2, -0.15) is 0 Å². The van der Waals surface area contributed by atoms with Crippen LogP contribution in [0.15, 0.2) is 47.1 Å². The largest absolute Gasteiger partial charge is 0.491 e. The van der Waals surface area contributed by atoms with Crippen LogP contribution in [-0.2, 0) is 11.2 Å². The number of nitrogens with one attached hydrogen (secondary N) is 1. The third-order valence-electron chi connectivity index (χ3n) is 3.49. The van der Waals surface area contributed by atoms with Crippen molar-refractivity contribution in [2.24, 2.45) is 0 Å². The van der Waals surface area contributed by atoms with Crippen LogP contribution in [0.1, 0.15) is 44.6 Å². The van der Waals surface area contributed by atoms with E-state index in [0.717, 1.165) is 11.3 Å². The molecular formula is C19H25NO4. The standard InChI is InChI=1S/C19H25NO4/c1-13(2)24-16-7-4-6-15(11-16)12-19(22)20-14(3)10-17(21)18-8-5-9-23-18/h4-9,11,13-14,17,21H,10,12H2,1-3H3,(H,20,22). The molecule has 24 heavy (non-hydrogen) atoms. The molecule has 0 radical (unpaired) electrons. The van der Waals surface area contributed by atoms with Crippen LogP contribution in [0.25, 0.3) is 0 Å². The highest BCUT2D eigenvalue weighted by Gasteiger charge is 2.16. The SMILES string of the molecule is CC(CC(O)c1ccco1)NC(=O)Cc1cccc(OC(C)C)c1. The Labute approximate surface area is 142 Å². The van der Waals surface area contributed by atoms with Crippen molar-refractivity contribution in [3.63, 3.8) is 0 Å². The zero-order valence-electron chi connectivity index (χ0n) is 14.4. The Bertz CT molecular complexity index is 637. The summed E-state index contributed by atoms with van der Waals surface area (Å²) in [6.45, 7) is 5.79. The molecule has 2 aromatic rings. The summed E-state index contributed by atoms with van der Waals surface area (Å²) >= 11 is 0. The highest BCUT2D eigenvalue weighted by Crippen LogP contribution is 2.19. The molecule has 130 valence electrons. The minimum Gasteiger partial charge on any atom is -0.491 e. The van der Waals surface area contributed by atoms with Crippen LogP contribution in [0.4, 0.5) is 0 Å². The minimum absolute atomic E-state index is 0.0872. The summed E-state index contributed by atoms with van der Waals surface area (Å²) < 4.78 is 10.8. The van der Waals surface area contributed by atoms with Crippen LogP contribution in [0, 0.1) is 0 Å². The smallest absolute Gasteiger partial charge is 0.224 e. The number of aliphatic hydroxyl groups excluding tert-OH is 1. The Morgan fingerprint density at radius 3 is 2.71 bits per heavy atom. The lowest BCUT2D eigenvalue weighted by Gasteiger charge is -2.17. The number of ether oxygens (including phenoxy) is 1. The van der Waals surface area contributed by atoms with Crippen molar-refractivity contribution in [1.82, 2.24) is 5.32 Å². The first-order valence-electron chi connectivity index (χ1n) is 8.20. The second kappa shape index (κ2) is 8.55. The van der Waals surface area contributed by atoms with E-state index in [-0.39, 0.29) is 24.5 Å². The summed E-state index contributed by atoms with van der Waals surface area (Å²) in [5.41, 5.74) is 0.893. The molecule has 1 heterocycles. The molecule has 0 aliphatic rings. The Balaban J connectivity index is 1.84. The lowest BCUT2D eigenvalue weighted by atomic mass is 10.1. The van der Waals surface area contributed by atoms with Gasteiger partial charge in [0.15, 0.2) is 0 Å². The molecule has 1 aromatic heterocycles. The van der Waals surface area contributed by atoms with Crippen molar-refractivity contribution in [1.29, 1.82) is 0 Å². The fraction of sp³-hybridized carbons (Fsp3) is 0.421. The molecule has 1 amide bonds. The fourth-order valence-corrected chi connectivity index (χ4v) is 2.50. The van der Waals surface area contributed by atoms with Gasteiger partial charge in [-0.15, -0.1) is 0 Å². The van der Waals surface area contributed by atoms with Gasteiger partial charge in [0.25, 0.3) is 0 Å². The maximum atomic E-state index is 12.2. The Hall–Kier alpha value is -2.27. The van der Waals surface area contributed by atoms with Gasteiger partial charge in [0, 0.05) is 12.5 Å². The molecule has 0 fully saturated rings. The molecule has 2 atom stereocenters. The molecule has 2 N–H and O–H groups in total. The fourth-order valence-electron chi connectivity index (χ4n) is 2.50. The number of rotatable bonds is 8. The van der Waals surface area contributed by atoms with E-state index < -0.39 is 6.10 Å². The first-order chi connectivity index (χ1) is 11.4. The summed E-state index contributed by atoms with van der Waals surface area (Å²) in [5.74, 6) is 1.18. The lowest BCUT2D eigenvalue weighted by Crippen LogP contribution is -2.34. The van der Waals surface area contributed by atoms with Crippen molar-refractivity contribution in [3.05, 3.63) is 54.0 Å². The molecule has 5 heteroatoms. The molecule has 2 rings (SSSR count). The highest BCUT2D eigenvalue weighted by atomic mass is 16.5. The average molecular weight is 331 g/mol. The van der Waals surface area contributed by atoms with Crippen LogP contribution < -0.4 is 10.1 Å². The van der Waals surface area contributed by atoms with Crippen molar-refractivity contribution in [3.8, 4) is 5.75 Å². The van der Waals surface area contributed by atoms with E-state index in [1.165, 1.54) is 6.26 Å². The minimum atomic E-state index is -0.724. The van der Waals surface area contributed by atoms with E-state index in [2.05, 4.69) is 5.32 Å². The summed E-state index contributed by atoms with van der Waals surface area (Å²) in [5, 5.41) is 12.9. The van der Waals surface area contributed by atoms with Crippen LogP contribution in [0.5, 0.6) is 5.75 Å². The molecule has 1 aromatic carbocycles. The second-order valence-electron chi connectivity index (χ2n) is 6.23. The third kappa shape index (κ3) is 5.74. The molecule has 0 saturated heterocycles. The maximum absolute atomic E-state index is 12.2. The Morgan fingerprint density at radius 2 is 2.04 bits per heavy atom. The summed E-state index contributed by atoms with van der Waals surface area (Å²) in [4.78, 5) is 12.2. The average Bonchev–Trinajstić information content (AvgIpc) is 3.00. The first kappa shape index (κ1) is 18.1. The number of benzene rings is 1. The van der Waals surface area contributed by atoms with Crippen LogP contribution >= 0.6 is 0 Å². The number of hydrogen-bond donors (Lipinski definition) is 2. The molecule has 2 unspecified atom stereocenters. The second-order valence-corrected chi connectivity index (χ2v) is 6.23. The number of furan rings is 1. The van der Waals surface area contributed by atoms with Gasteiger partial charge in [-0.05, 0) is 50.6 Å². The normalized spacial score (nSPS) is 13.5. The Morgan fingerprint density at radius 1 is 1.25 bits per heavy atom. The van der Waals surface area contributed by atoms with E-state index >= 15 is 0 Å². The van der Waals surface area contributed by atoms with E-state index in [4.69, 9.17) is 9.15 Å². The van der Waals surface area contributed by atoms with Gasteiger partial charge in [0.1, 0.15) is 17.6 Å². The number of hydrogen-bond acceptors (Lipinski definition) is 4. The van der Waals surface area contributed by atoms with Crippen molar-refractivity contribution in [2.45, 2.75) is 51.9 Å². The van der Waals surface area contributed by atoms with Gasteiger partial charge in [0.2, 0.25) is 5.91 Å². The van der Waals surface area contributed by atoms with Crippen molar-refractivity contribution in [2.75, 3.05) is 0 Å². The molecule has 0 aliphatic carbocycles. The van der Waals surface area contributed by atoms with Crippen LogP contribution in [-0.4, -0.2) is 23.2 Å². The molecule has 0 aliphatic heterocycles. The quantitative estimate of drug-likeness (QED) is 0.779. The van der Waals surface area contributed by atoms with Gasteiger partial charge >= 0.3 is 0 Å². The van der Waals surface area contributed by atoms with E-state index in [9.17, 15) is 9.90 Å².